The minimum Gasteiger partial charge on any atom is -0.480 e. The highest BCUT2D eigenvalue weighted by molar-refractivity contribution is 7.24. The van der Waals surface area contributed by atoms with Gasteiger partial charge in [0.25, 0.3) is 0 Å². The number of aliphatic hydroxyl groups excluding tert-OH is 1. The van der Waals surface area contributed by atoms with E-state index in [0.717, 1.165) is 0 Å². The Morgan fingerprint density at radius 3 is 2.55 bits per heavy atom. The lowest BCUT2D eigenvalue weighted by molar-refractivity contribution is -0.143. The van der Waals surface area contributed by atoms with Crippen molar-refractivity contribution < 1.29 is 19.6 Å². The number of nitrogens with two attached hydrogens (primary N) is 1. The van der Waals surface area contributed by atoms with Crippen LogP contribution in [0.15, 0.2) is 0 Å². The number of carboxylic acids is 1. The molecule has 2 atom stereocenters. The van der Waals surface area contributed by atoms with Gasteiger partial charge in [0.15, 0.2) is 8.46 Å². The summed E-state index contributed by atoms with van der Waals surface area (Å²) in [5, 5.41) is 17.2. The monoisotopic (exact) mass is 179 g/mol. The van der Waals surface area contributed by atoms with Gasteiger partial charge in [-0.2, -0.15) is 0 Å². The smallest absolute Gasteiger partial charge is 0.323 e. The summed E-state index contributed by atoms with van der Waals surface area (Å²) in [6.45, 7) is 1.25. The molecule has 0 fully saturated rings. The second kappa shape index (κ2) is 3.76. The summed E-state index contributed by atoms with van der Waals surface area (Å²) in [6.07, 6.45) is -0.229. The predicted octanol–water partition coefficient (Wildman–Crippen LogP) is -0.211. The van der Waals surface area contributed by atoms with Crippen LogP contribution in [0.3, 0.4) is 0 Å². The van der Waals surface area contributed by atoms with Crippen LogP contribution in [0.4, 0.5) is 0 Å². The van der Waals surface area contributed by atoms with Crippen LogP contribution in [0.1, 0.15) is 13.3 Å². The second-order valence-electron chi connectivity index (χ2n) is 2.51. The van der Waals surface area contributed by atoms with Gasteiger partial charge in [-0.15, -0.1) is 0 Å². The molecule has 0 amide bonds. The fourth-order valence-corrected chi connectivity index (χ4v) is 0.958. The number of carbonyl (C=O) groups is 1. The molecule has 11 heavy (non-hydrogen) atoms. The van der Waals surface area contributed by atoms with Gasteiger partial charge >= 0.3 is 5.97 Å². The van der Waals surface area contributed by atoms with Gasteiger partial charge in [-0.3, -0.25) is 9.36 Å². The number of aliphatic carboxylic acids is 1. The Bertz CT molecular complexity index is 170. The molecule has 64 valence electrons. The Labute approximate surface area is 65.4 Å². The van der Waals surface area contributed by atoms with Crippen molar-refractivity contribution in [2.75, 3.05) is 0 Å². The van der Waals surface area contributed by atoms with E-state index in [-0.39, 0.29) is 6.42 Å². The molecule has 0 bridgehead atoms. The Kier molecular flexibility index (Phi) is 3.58. The Morgan fingerprint density at radius 1 is 1.82 bits per heavy atom. The Balaban J connectivity index is 4.11. The first-order valence-corrected chi connectivity index (χ1v) is 3.81. The molecule has 0 saturated carbocycles. The Hall–Kier alpha value is -0.510. The van der Waals surface area contributed by atoms with Gasteiger partial charge in [-0.05, 0) is 6.92 Å². The third-order valence-corrected chi connectivity index (χ3v) is 1.64. The summed E-state index contributed by atoms with van der Waals surface area (Å²) in [5.41, 5.74) is 3.72. The van der Waals surface area contributed by atoms with E-state index in [1.165, 1.54) is 6.92 Å². The van der Waals surface area contributed by atoms with E-state index < -0.39 is 25.8 Å². The molecule has 6 heteroatoms. The maximum Gasteiger partial charge on any atom is 0.323 e. The molecule has 0 aliphatic carbocycles. The van der Waals surface area contributed by atoms with Crippen molar-refractivity contribution in [3.8, 4) is 0 Å². The molecule has 0 aliphatic heterocycles. The van der Waals surface area contributed by atoms with E-state index in [4.69, 9.17) is 15.9 Å². The number of hydrogen-bond donors (Lipinski definition) is 3. The molecule has 0 aromatic heterocycles. The highest BCUT2D eigenvalue weighted by Crippen LogP contribution is 2.16. The van der Waals surface area contributed by atoms with Crippen molar-refractivity contribution in [3.05, 3.63) is 0 Å². The minimum atomic E-state index is -1.52. The van der Waals surface area contributed by atoms with Crippen LogP contribution in [-0.2, 0) is 9.36 Å². The van der Waals surface area contributed by atoms with Crippen LogP contribution in [0, 0.1) is 0 Å². The van der Waals surface area contributed by atoms with Crippen LogP contribution in [0.2, 0.25) is 0 Å². The summed E-state index contributed by atoms with van der Waals surface area (Å²) in [6, 6.07) is 0. The third kappa shape index (κ3) is 3.41. The van der Waals surface area contributed by atoms with Gasteiger partial charge in [0.2, 0.25) is 0 Å². The average molecular weight is 179 g/mol. The molecule has 0 radical (unpaired) electrons. The lowest BCUT2D eigenvalue weighted by Gasteiger charge is -2.18. The first-order chi connectivity index (χ1) is 4.90. The zero-order valence-corrected chi connectivity index (χ0v) is 6.91. The van der Waals surface area contributed by atoms with Crippen molar-refractivity contribution in [3.63, 3.8) is 0 Å². The van der Waals surface area contributed by atoms with Gasteiger partial charge in [-0.25, -0.2) is 0 Å². The van der Waals surface area contributed by atoms with Crippen molar-refractivity contribution in [2.24, 2.45) is 5.73 Å². The maximum atomic E-state index is 10.3. The van der Waals surface area contributed by atoms with Crippen LogP contribution in [0.25, 0.3) is 0 Å². The van der Waals surface area contributed by atoms with Crippen LogP contribution in [-0.4, -0.2) is 27.6 Å². The third-order valence-electron chi connectivity index (χ3n) is 1.22. The van der Waals surface area contributed by atoms with E-state index >= 15 is 0 Å². The SMILES string of the molecule is CC(N)(CC(O)P=O)C(=O)O. The van der Waals surface area contributed by atoms with Crippen LogP contribution in [0.5, 0.6) is 0 Å². The average Bonchev–Trinajstić information content (AvgIpc) is 1.86. The molecule has 0 aromatic carbocycles. The summed E-state index contributed by atoms with van der Waals surface area (Å²) < 4.78 is 10.0. The maximum absolute atomic E-state index is 10.3. The highest BCUT2D eigenvalue weighted by atomic mass is 31.1. The number of aliphatic hydroxyl groups is 1. The number of hydrogen-bond acceptors (Lipinski definition) is 4. The second-order valence-corrected chi connectivity index (χ2v) is 3.32. The fraction of sp³-hybridized carbons (Fsp3) is 0.800. The van der Waals surface area contributed by atoms with E-state index in [0.29, 0.717) is 0 Å². The molecule has 0 saturated heterocycles. The lowest BCUT2D eigenvalue weighted by Crippen LogP contribution is -2.46. The zero-order chi connectivity index (χ0) is 9.07. The normalized spacial score (nSPS) is 19.2. The number of carboxylic acid groups (broad SMARTS) is 1. The van der Waals surface area contributed by atoms with Crippen molar-refractivity contribution in [2.45, 2.75) is 24.7 Å². The molecular formula is C5H10NO4P. The molecule has 0 aromatic rings. The molecule has 0 spiro atoms. The highest BCUT2D eigenvalue weighted by Gasteiger charge is 2.30. The van der Waals surface area contributed by atoms with Crippen molar-refractivity contribution in [1.29, 1.82) is 0 Å². The van der Waals surface area contributed by atoms with E-state index in [1.807, 2.05) is 0 Å². The molecule has 5 nitrogen and oxygen atoms in total. The van der Waals surface area contributed by atoms with Gasteiger partial charge in [0.1, 0.15) is 11.4 Å². The molecule has 0 aliphatic rings. The summed E-state index contributed by atoms with van der Waals surface area (Å²) in [5.74, 6) is -2.43. The molecular weight excluding hydrogens is 169 g/mol. The van der Waals surface area contributed by atoms with Gasteiger partial charge in [-0.1, -0.05) is 0 Å². The van der Waals surface area contributed by atoms with Crippen LogP contribution < -0.4 is 5.73 Å². The standard InChI is InChI=1S/C5H10NO4P/c1-5(6,4(8)9)2-3(7)11-10/h3,7H,2,6H2,1H3,(H,8,9). The van der Waals surface area contributed by atoms with Gasteiger partial charge in [0, 0.05) is 6.42 Å². The van der Waals surface area contributed by atoms with Crippen molar-refractivity contribution in [1.82, 2.24) is 0 Å². The fourth-order valence-electron chi connectivity index (χ4n) is 0.504. The minimum absolute atomic E-state index is 0.229. The molecule has 4 N–H and O–H groups in total. The predicted molar refractivity (Wildman–Crippen MR) is 38.5 cm³/mol. The quantitative estimate of drug-likeness (QED) is 0.518. The lowest BCUT2D eigenvalue weighted by atomic mass is 10.0. The molecule has 2 unspecified atom stereocenters. The molecule has 0 heterocycles. The largest absolute Gasteiger partial charge is 0.480 e. The van der Waals surface area contributed by atoms with E-state index in [9.17, 15) is 9.36 Å². The first kappa shape index (κ1) is 10.5. The van der Waals surface area contributed by atoms with Crippen molar-refractivity contribution >= 4 is 14.4 Å². The first-order valence-electron chi connectivity index (χ1n) is 2.93. The summed E-state index contributed by atoms with van der Waals surface area (Å²) >= 11 is 0. The topological polar surface area (TPSA) is 101 Å². The molecule has 0 rings (SSSR count). The summed E-state index contributed by atoms with van der Waals surface area (Å²) in [7, 11) is -0.504. The van der Waals surface area contributed by atoms with Crippen LogP contribution >= 0.6 is 8.46 Å². The van der Waals surface area contributed by atoms with E-state index in [2.05, 4.69) is 0 Å². The summed E-state index contributed by atoms with van der Waals surface area (Å²) in [4.78, 5) is 10.3. The van der Waals surface area contributed by atoms with Gasteiger partial charge < -0.3 is 15.9 Å². The Morgan fingerprint density at radius 2 is 2.27 bits per heavy atom. The number of rotatable bonds is 4. The zero-order valence-electron chi connectivity index (χ0n) is 6.02. The van der Waals surface area contributed by atoms with E-state index in [1.54, 1.807) is 0 Å². The van der Waals surface area contributed by atoms with Gasteiger partial charge in [0.05, 0.1) is 0 Å².